The van der Waals surface area contributed by atoms with Crippen LogP contribution in [0.5, 0.6) is 0 Å². The second-order valence-electron chi connectivity index (χ2n) is 4.54. The monoisotopic (exact) mass is 200 g/mol. The van der Waals surface area contributed by atoms with Crippen LogP contribution in [0.2, 0.25) is 0 Å². The third-order valence-electron chi connectivity index (χ3n) is 3.14. The minimum atomic E-state index is 0.468. The van der Waals surface area contributed by atoms with Gasteiger partial charge in [0, 0.05) is 26.2 Å². The van der Waals surface area contributed by atoms with Crippen molar-refractivity contribution in [3.63, 3.8) is 0 Å². The number of rotatable bonds is 5. The van der Waals surface area contributed by atoms with Gasteiger partial charge >= 0.3 is 0 Å². The molecule has 0 aromatic rings. The molecule has 1 saturated carbocycles. The average molecular weight is 200 g/mol. The first-order valence-corrected chi connectivity index (χ1v) is 5.65. The summed E-state index contributed by atoms with van der Waals surface area (Å²) in [5, 5.41) is 0. The molecule has 3 heteroatoms. The van der Waals surface area contributed by atoms with E-state index in [1.165, 1.54) is 32.2 Å². The van der Waals surface area contributed by atoms with Gasteiger partial charge in [-0.2, -0.15) is 0 Å². The molecule has 1 rings (SSSR count). The number of methoxy groups -OCH3 is 1. The molecule has 14 heavy (non-hydrogen) atoms. The van der Waals surface area contributed by atoms with Crippen LogP contribution >= 0.6 is 0 Å². The maximum atomic E-state index is 5.87. The maximum Gasteiger partial charge on any atom is 0.0589 e. The van der Waals surface area contributed by atoms with E-state index < -0.39 is 0 Å². The fraction of sp³-hybridized carbons (Fsp3) is 1.00. The third kappa shape index (κ3) is 4.40. The van der Waals surface area contributed by atoms with Crippen molar-refractivity contribution in [2.45, 2.75) is 31.7 Å². The SMILES string of the molecule is COCCN(C)CC1CCC(N)CC1. The largest absolute Gasteiger partial charge is 0.383 e. The van der Waals surface area contributed by atoms with Crippen LogP contribution < -0.4 is 5.73 Å². The van der Waals surface area contributed by atoms with E-state index in [0.717, 1.165) is 19.1 Å². The van der Waals surface area contributed by atoms with Crippen LogP contribution in [0, 0.1) is 5.92 Å². The van der Waals surface area contributed by atoms with Crippen molar-refractivity contribution in [1.29, 1.82) is 0 Å². The van der Waals surface area contributed by atoms with E-state index in [4.69, 9.17) is 10.5 Å². The lowest BCUT2D eigenvalue weighted by Crippen LogP contribution is -2.33. The molecule has 0 unspecified atom stereocenters. The van der Waals surface area contributed by atoms with Crippen LogP contribution in [-0.2, 0) is 4.74 Å². The molecule has 0 aromatic carbocycles. The first-order valence-electron chi connectivity index (χ1n) is 5.65. The van der Waals surface area contributed by atoms with Gasteiger partial charge in [-0.05, 0) is 38.6 Å². The Kier molecular flexibility index (Phi) is 5.45. The summed E-state index contributed by atoms with van der Waals surface area (Å²) in [7, 11) is 3.93. The summed E-state index contributed by atoms with van der Waals surface area (Å²) in [5.41, 5.74) is 5.87. The molecular formula is C11H24N2O. The van der Waals surface area contributed by atoms with E-state index in [9.17, 15) is 0 Å². The third-order valence-corrected chi connectivity index (χ3v) is 3.14. The Morgan fingerprint density at radius 1 is 1.29 bits per heavy atom. The van der Waals surface area contributed by atoms with Crippen molar-refractivity contribution < 1.29 is 4.74 Å². The predicted octanol–water partition coefficient (Wildman–Crippen LogP) is 1.08. The Balaban J connectivity index is 2.10. The quantitative estimate of drug-likeness (QED) is 0.722. The molecule has 0 heterocycles. The zero-order chi connectivity index (χ0) is 10.4. The zero-order valence-corrected chi connectivity index (χ0v) is 9.54. The number of likely N-dealkylation sites (N-methyl/N-ethyl adjacent to an activating group) is 1. The van der Waals surface area contributed by atoms with Gasteiger partial charge in [0.15, 0.2) is 0 Å². The molecule has 0 aliphatic heterocycles. The van der Waals surface area contributed by atoms with Gasteiger partial charge in [-0.25, -0.2) is 0 Å². The lowest BCUT2D eigenvalue weighted by atomic mass is 9.86. The molecule has 0 aromatic heterocycles. The number of nitrogens with zero attached hydrogens (tertiary/aromatic N) is 1. The van der Waals surface area contributed by atoms with Gasteiger partial charge in [0.05, 0.1) is 6.61 Å². The summed E-state index contributed by atoms with van der Waals surface area (Å²) in [6.07, 6.45) is 5.03. The minimum absolute atomic E-state index is 0.468. The standard InChI is InChI=1S/C11H24N2O/c1-13(7-8-14-2)9-10-3-5-11(12)6-4-10/h10-11H,3-9,12H2,1-2H3. The molecule has 0 radical (unpaired) electrons. The van der Waals surface area contributed by atoms with E-state index in [1.807, 2.05) is 0 Å². The first kappa shape index (κ1) is 12.0. The minimum Gasteiger partial charge on any atom is -0.383 e. The van der Waals surface area contributed by atoms with E-state index in [2.05, 4.69) is 11.9 Å². The van der Waals surface area contributed by atoms with Crippen molar-refractivity contribution >= 4 is 0 Å². The first-order chi connectivity index (χ1) is 6.72. The highest BCUT2D eigenvalue weighted by Gasteiger charge is 2.19. The Hall–Kier alpha value is -0.120. The molecule has 3 nitrogen and oxygen atoms in total. The second kappa shape index (κ2) is 6.38. The molecule has 0 saturated heterocycles. The predicted molar refractivity (Wildman–Crippen MR) is 59.3 cm³/mol. The molecule has 0 bridgehead atoms. The van der Waals surface area contributed by atoms with Crippen LogP contribution in [0.3, 0.4) is 0 Å². The van der Waals surface area contributed by atoms with E-state index in [1.54, 1.807) is 7.11 Å². The zero-order valence-electron chi connectivity index (χ0n) is 9.54. The number of hydrogen-bond acceptors (Lipinski definition) is 3. The highest BCUT2D eigenvalue weighted by atomic mass is 16.5. The molecule has 0 spiro atoms. The number of ether oxygens (including phenoxy) is 1. The van der Waals surface area contributed by atoms with Crippen molar-refractivity contribution in [1.82, 2.24) is 4.90 Å². The molecule has 0 amide bonds. The van der Waals surface area contributed by atoms with Gasteiger partial charge < -0.3 is 15.4 Å². The summed E-state index contributed by atoms with van der Waals surface area (Å²) < 4.78 is 5.06. The molecular weight excluding hydrogens is 176 g/mol. The molecule has 1 aliphatic rings. The molecule has 2 N–H and O–H groups in total. The smallest absolute Gasteiger partial charge is 0.0589 e. The van der Waals surface area contributed by atoms with Gasteiger partial charge in [0.25, 0.3) is 0 Å². The maximum absolute atomic E-state index is 5.87. The fourth-order valence-corrected chi connectivity index (χ4v) is 2.15. The molecule has 0 atom stereocenters. The van der Waals surface area contributed by atoms with Crippen LogP contribution in [0.15, 0.2) is 0 Å². The molecule has 84 valence electrons. The van der Waals surface area contributed by atoms with Crippen LogP contribution in [-0.4, -0.2) is 44.8 Å². The van der Waals surface area contributed by atoms with E-state index in [0.29, 0.717) is 6.04 Å². The Morgan fingerprint density at radius 2 is 1.93 bits per heavy atom. The highest BCUT2D eigenvalue weighted by Crippen LogP contribution is 2.23. The van der Waals surface area contributed by atoms with Crippen LogP contribution in [0.4, 0.5) is 0 Å². The Labute approximate surface area is 87.6 Å². The van der Waals surface area contributed by atoms with Crippen LogP contribution in [0.1, 0.15) is 25.7 Å². The number of hydrogen-bond donors (Lipinski definition) is 1. The van der Waals surface area contributed by atoms with Crippen molar-refractivity contribution in [3.8, 4) is 0 Å². The summed E-state index contributed by atoms with van der Waals surface area (Å²) in [6.45, 7) is 3.08. The second-order valence-corrected chi connectivity index (χ2v) is 4.54. The van der Waals surface area contributed by atoms with Gasteiger partial charge in [-0.15, -0.1) is 0 Å². The summed E-state index contributed by atoms with van der Waals surface area (Å²) in [5.74, 6) is 0.858. The fourth-order valence-electron chi connectivity index (χ4n) is 2.15. The van der Waals surface area contributed by atoms with Gasteiger partial charge in [-0.1, -0.05) is 0 Å². The van der Waals surface area contributed by atoms with Crippen LogP contribution in [0.25, 0.3) is 0 Å². The van der Waals surface area contributed by atoms with Crippen molar-refractivity contribution in [2.24, 2.45) is 11.7 Å². The van der Waals surface area contributed by atoms with Gasteiger partial charge in [-0.3, -0.25) is 0 Å². The summed E-state index contributed by atoms with van der Waals surface area (Å²) >= 11 is 0. The van der Waals surface area contributed by atoms with Gasteiger partial charge in [0.2, 0.25) is 0 Å². The summed E-state index contributed by atoms with van der Waals surface area (Å²) in [4.78, 5) is 2.37. The summed E-state index contributed by atoms with van der Waals surface area (Å²) in [6, 6.07) is 0.468. The molecule has 1 aliphatic carbocycles. The lowest BCUT2D eigenvalue weighted by Gasteiger charge is -2.29. The number of nitrogens with two attached hydrogens (primary N) is 1. The van der Waals surface area contributed by atoms with E-state index in [-0.39, 0.29) is 0 Å². The van der Waals surface area contributed by atoms with Gasteiger partial charge in [0.1, 0.15) is 0 Å². The topological polar surface area (TPSA) is 38.5 Å². The van der Waals surface area contributed by atoms with Crippen molar-refractivity contribution in [2.75, 3.05) is 33.9 Å². The average Bonchev–Trinajstić information content (AvgIpc) is 2.18. The van der Waals surface area contributed by atoms with Crippen molar-refractivity contribution in [3.05, 3.63) is 0 Å². The normalized spacial score (nSPS) is 28.3. The Bertz CT molecular complexity index is 144. The van der Waals surface area contributed by atoms with E-state index >= 15 is 0 Å². The molecule has 1 fully saturated rings. The highest BCUT2D eigenvalue weighted by molar-refractivity contribution is 4.75. The lowest BCUT2D eigenvalue weighted by molar-refractivity contribution is 0.144. The Morgan fingerprint density at radius 3 is 2.50 bits per heavy atom.